The van der Waals surface area contributed by atoms with Gasteiger partial charge in [-0.15, -0.1) is 11.3 Å². The summed E-state index contributed by atoms with van der Waals surface area (Å²) in [6.07, 6.45) is 0. The van der Waals surface area contributed by atoms with Crippen molar-refractivity contribution >= 4 is 28.7 Å². The lowest BCUT2D eigenvalue weighted by atomic mass is 9.75. The van der Waals surface area contributed by atoms with Gasteiger partial charge in [0.05, 0.1) is 22.2 Å². The second-order valence-electron chi connectivity index (χ2n) is 6.63. The fraction of sp³-hybridized carbons (Fsp3) is 0.0870. The fourth-order valence-corrected chi connectivity index (χ4v) is 4.38. The Bertz CT molecular complexity index is 1120. The number of amides is 1. The molecule has 3 aromatic rings. The van der Waals surface area contributed by atoms with Crippen LogP contribution in [0.3, 0.4) is 0 Å². The van der Waals surface area contributed by atoms with Gasteiger partial charge in [0.25, 0.3) is 0 Å². The van der Waals surface area contributed by atoms with E-state index in [9.17, 15) is 14.9 Å². The van der Waals surface area contributed by atoms with Gasteiger partial charge in [0, 0.05) is 5.92 Å². The van der Waals surface area contributed by atoms with Crippen molar-refractivity contribution < 1.29 is 9.59 Å². The average molecular weight is 399 g/mol. The van der Waals surface area contributed by atoms with Gasteiger partial charge in [-0.1, -0.05) is 54.6 Å². The average Bonchev–Trinajstić information content (AvgIpc) is 3.29. The van der Waals surface area contributed by atoms with Crippen molar-refractivity contribution in [2.24, 2.45) is 11.7 Å². The SMILES string of the molecule is N#CC1=C(N)N(c2ccccc2)C(=O)C(C(=O)c2cccs2)C1c1ccccc1. The van der Waals surface area contributed by atoms with Gasteiger partial charge in [-0.05, 0) is 29.1 Å². The Morgan fingerprint density at radius 3 is 2.24 bits per heavy atom. The maximum atomic E-state index is 13.6. The number of benzene rings is 2. The van der Waals surface area contributed by atoms with E-state index in [4.69, 9.17) is 5.73 Å². The van der Waals surface area contributed by atoms with E-state index in [0.29, 0.717) is 16.1 Å². The van der Waals surface area contributed by atoms with Gasteiger partial charge >= 0.3 is 0 Å². The molecule has 29 heavy (non-hydrogen) atoms. The van der Waals surface area contributed by atoms with Crippen molar-refractivity contribution in [3.8, 4) is 6.07 Å². The van der Waals surface area contributed by atoms with Crippen molar-refractivity contribution in [2.75, 3.05) is 4.90 Å². The second-order valence-corrected chi connectivity index (χ2v) is 7.58. The molecule has 0 fully saturated rings. The van der Waals surface area contributed by atoms with Crippen molar-refractivity contribution in [2.45, 2.75) is 5.92 Å². The third-order valence-electron chi connectivity index (χ3n) is 4.99. The number of hydrogen-bond acceptors (Lipinski definition) is 5. The van der Waals surface area contributed by atoms with Gasteiger partial charge in [-0.25, -0.2) is 0 Å². The van der Waals surface area contributed by atoms with Crippen LogP contribution < -0.4 is 10.6 Å². The van der Waals surface area contributed by atoms with Crippen LogP contribution in [0.5, 0.6) is 0 Å². The molecule has 2 N–H and O–H groups in total. The number of ketones is 1. The Morgan fingerprint density at radius 2 is 1.66 bits per heavy atom. The number of carbonyl (C=O) groups is 2. The largest absolute Gasteiger partial charge is 0.384 e. The minimum Gasteiger partial charge on any atom is -0.384 e. The summed E-state index contributed by atoms with van der Waals surface area (Å²) in [6, 6.07) is 23.6. The minimum atomic E-state index is -1.07. The van der Waals surface area contributed by atoms with Crippen LogP contribution >= 0.6 is 11.3 Å². The van der Waals surface area contributed by atoms with Gasteiger partial charge in [-0.2, -0.15) is 5.26 Å². The lowest BCUT2D eigenvalue weighted by Crippen LogP contribution is -2.49. The highest BCUT2D eigenvalue weighted by atomic mass is 32.1. The van der Waals surface area contributed by atoms with E-state index in [1.807, 2.05) is 36.4 Å². The number of Topliss-reactive ketones (excluding diaryl/α,β-unsaturated/α-hetero) is 1. The molecule has 2 atom stereocenters. The first-order valence-corrected chi connectivity index (χ1v) is 9.93. The molecule has 6 heteroatoms. The van der Waals surface area contributed by atoms with Crippen molar-refractivity contribution in [1.29, 1.82) is 5.26 Å². The summed E-state index contributed by atoms with van der Waals surface area (Å²) in [5.41, 5.74) is 7.77. The molecule has 1 aliphatic rings. The van der Waals surface area contributed by atoms with Crippen LogP contribution in [-0.4, -0.2) is 11.7 Å². The number of nitriles is 1. The number of thiophene rings is 1. The first-order valence-electron chi connectivity index (χ1n) is 9.05. The molecule has 0 saturated heterocycles. The number of rotatable bonds is 4. The molecule has 1 aliphatic heterocycles. The molecule has 0 aliphatic carbocycles. The van der Waals surface area contributed by atoms with Crippen molar-refractivity contribution in [1.82, 2.24) is 0 Å². The number of hydrogen-bond donors (Lipinski definition) is 1. The Hall–Kier alpha value is -3.69. The van der Waals surface area contributed by atoms with Crippen LogP contribution in [0.4, 0.5) is 5.69 Å². The Kier molecular flexibility index (Phi) is 4.98. The van der Waals surface area contributed by atoms with E-state index in [0.717, 1.165) is 0 Å². The summed E-state index contributed by atoms with van der Waals surface area (Å²) in [4.78, 5) is 28.8. The monoisotopic (exact) mass is 399 g/mol. The topological polar surface area (TPSA) is 87.2 Å². The standard InChI is InChI=1S/C23H17N3O2S/c24-14-17-19(15-8-3-1-4-9-15)20(21(27)18-12-7-13-29-18)23(28)26(22(17)25)16-10-5-2-6-11-16/h1-13,19-20H,25H2. The number of anilines is 1. The molecule has 2 unspecified atom stereocenters. The van der Waals surface area contributed by atoms with E-state index >= 15 is 0 Å². The fourth-order valence-electron chi connectivity index (χ4n) is 3.67. The zero-order valence-corrected chi connectivity index (χ0v) is 16.2. The molecule has 0 bridgehead atoms. The molecule has 1 aromatic heterocycles. The third kappa shape index (κ3) is 3.22. The van der Waals surface area contributed by atoms with Crippen LogP contribution in [0.2, 0.25) is 0 Å². The lowest BCUT2D eigenvalue weighted by molar-refractivity contribution is -0.121. The maximum absolute atomic E-state index is 13.6. The van der Waals surface area contributed by atoms with Gasteiger partial charge < -0.3 is 5.73 Å². The number of carbonyl (C=O) groups excluding carboxylic acids is 2. The quantitative estimate of drug-likeness (QED) is 0.529. The van der Waals surface area contributed by atoms with Gasteiger partial charge in [0.2, 0.25) is 5.91 Å². The predicted molar refractivity (Wildman–Crippen MR) is 112 cm³/mol. The number of allylic oxidation sites excluding steroid dienone is 1. The van der Waals surface area contributed by atoms with Gasteiger partial charge in [-0.3, -0.25) is 14.5 Å². The third-order valence-corrected chi connectivity index (χ3v) is 5.87. The molecule has 0 radical (unpaired) electrons. The molecule has 4 rings (SSSR count). The Morgan fingerprint density at radius 1 is 1.00 bits per heavy atom. The summed E-state index contributed by atoms with van der Waals surface area (Å²) in [7, 11) is 0. The molecule has 1 amide bonds. The smallest absolute Gasteiger partial charge is 0.244 e. The molecule has 2 aromatic carbocycles. The number of nitrogens with two attached hydrogens (primary N) is 1. The molecule has 5 nitrogen and oxygen atoms in total. The van der Waals surface area contributed by atoms with Crippen molar-refractivity contribution in [3.05, 3.63) is 100 Å². The van der Waals surface area contributed by atoms with E-state index in [1.54, 1.807) is 41.8 Å². The highest BCUT2D eigenvalue weighted by molar-refractivity contribution is 7.12. The highest BCUT2D eigenvalue weighted by Gasteiger charge is 2.47. The summed E-state index contributed by atoms with van der Waals surface area (Å²) in [5.74, 6) is -2.48. The zero-order valence-electron chi connectivity index (χ0n) is 15.4. The zero-order chi connectivity index (χ0) is 20.4. The van der Waals surface area contributed by atoms with Crippen LogP contribution in [0.1, 0.15) is 21.2 Å². The van der Waals surface area contributed by atoms with Gasteiger partial charge in [0.15, 0.2) is 5.78 Å². The molecular formula is C23H17N3O2S. The lowest BCUT2D eigenvalue weighted by Gasteiger charge is -2.37. The Labute approximate surface area is 172 Å². The summed E-state index contributed by atoms with van der Waals surface area (Å²) >= 11 is 1.28. The van der Waals surface area contributed by atoms with E-state index in [-0.39, 0.29) is 17.2 Å². The normalized spacial score (nSPS) is 19.1. The van der Waals surface area contributed by atoms with Gasteiger partial charge in [0.1, 0.15) is 11.7 Å². The van der Waals surface area contributed by atoms with Crippen molar-refractivity contribution in [3.63, 3.8) is 0 Å². The molecule has 0 saturated carbocycles. The van der Waals surface area contributed by atoms with Crippen LogP contribution in [0, 0.1) is 17.2 Å². The highest BCUT2D eigenvalue weighted by Crippen LogP contribution is 2.42. The number of nitrogens with zero attached hydrogens (tertiary/aromatic N) is 2. The Balaban J connectivity index is 1.94. The van der Waals surface area contributed by atoms with E-state index in [1.165, 1.54) is 16.2 Å². The van der Waals surface area contributed by atoms with Crippen LogP contribution in [0.25, 0.3) is 0 Å². The molecule has 142 valence electrons. The summed E-state index contributed by atoms with van der Waals surface area (Å²) in [5, 5.41) is 11.7. The molecule has 0 spiro atoms. The summed E-state index contributed by atoms with van der Waals surface area (Å²) in [6.45, 7) is 0. The predicted octanol–water partition coefficient (Wildman–Crippen LogP) is 4.07. The van der Waals surface area contributed by atoms with Crippen LogP contribution in [0.15, 0.2) is 89.6 Å². The second kappa shape index (κ2) is 7.74. The summed E-state index contributed by atoms with van der Waals surface area (Å²) < 4.78 is 0. The number of para-hydroxylation sites is 1. The van der Waals surface area contributed by atoms with E-state index in [2.05, 4.69) is 6.07 Å². The molecular weight excluding hydrogens is 382 g/mol. The molecule has 2 heterocycles. The first kappa shape index (κ1) is 18.7. The first-order chi connectivity index (χ1) is 14.1. The maximum Gasteiger partial charge on any atom is 0.244 e. The minimum absolute atomic E-state index is 0.0628. The van der Waals surface area contributed by atoms with E-state index < -0.39 is 17.7 Å². The van der Waals surface area contributed by atoms with Crippen LogP contribution in [-0.2, 0) is 4.79 Å².